The van der Waals surface area contributed by atoms with Crippen LogP contribution in [0.3, 0.4) is 0 Å². The Bertz CT molecular complexity index is 406. The molecule has 1 aliphatic heterocycles. The molecule has 1 aromatic rings. The molecule has 18 heavy (non-hydrogen) atoms. The van der Waals surface area contributed by atoms with Crippen LogP contribution < -0.4 is 10.1 Å². The molecule has 2 nitrogen and oxygen atoms in total. The molecule has 0 spiro atoms. The standard InChI is InChI=1S/C15H22BrNO/c1-3-11(10-17-4-2)7-13-9-14(16)8-12-5-6-18-15(12)13/h8-9,11,17H,3-7,10H2,1-2H3. The molecule has 0 bridgehead atoms. The smallest absolute Gasteiger partial charge is 0.125 e. The van der Waals surface area contributed by atoms with Gasteiger partial charge in [-0.25, -0.2) is 0 Å². The van der Waals surface area contributed by atoms with Gasteiger partial charge >= 0.3 is 0 Å². The van der Waals surface area contributed by atoms with Crippen LogP contribution in [0.1, 0.15) is 31.4 Å². The summed E-state index contributed by atoms with van der Waals surface area (Å²) in [5.74, 6) is 1.83. The molecular formula is C15H22BrNO. The van der Waals surface area contributed by atoms with Gasteiger partial charge in [0.1, 0.15) is 5.75 Å². The van der Waals surface area contributed by atoms with Gasteiger partial charge in [-0.05, 0) is 48.7 Å². The van der Waals surface area contributed by atoms with E-state index in [0.717, 1.165) is 38.3 Å². The summed E-state index contributed by atoms with van der Waals surface area (Å²) >= 11 is 3.61. The second kappa shape index (κ2) is 6.58. The first kappa shape index (κ1) is 13.9. The molecule has 1 N–H and O–H groups in total. The van der Waals surface area contributed by atoms with Crippen molar-refractivity contribution in [2.24, 2.45) is 5.92 Å². The van der Waals surface area contributed by atoms with Gasteiger partial charge in [0.15, 0.2) is 0 Å². The van der Waals surface area contributed by atoms with Crippen molar-refractivity contribution in [3.8, 4) is 5.75 Å². The van der Waals surface area contributed by atoms with E-state index < -0.39 is 0 Å². The predicted octanol–water partition coefficient (Wildman–Crippen LogP) is 3.56. The van der Waals surface area contributed by atoms with Gasteiger partial charge in [0.2, 0.25) is 0 Å². The zero-order chi connectivity index (χ0) is 13.0. The van der Waals surface area contributed by atoms with Crippen molar-refractivity contribution in [2.75, 3.05) is 19.7 Å². The summed E-state index contributed by atoms with van der Waals surface area (Å²) in [6.07, 6.45) is 3.35. The van der Waals surface area contributed by atoms with E-state index in [-0.39, 0.29) is 0 Å². The number of benzene rings is 1. The van der Waals surface area contributed by atoms with Crippen LogP contribution in [0.25, 0.3) is 0 Å². The molecule has 100 valence electrons. The molecule has 3 heteroatoms. The lowest BCUT2D eigenvalue weighted by Gasteiger charge is -2.17. The van der Waals surface area contributed by atoms with Crippen molar-refractivity contribution < 1.29 is 4.74 Å². The predicted molar refractivity (Wildman–Crippen MR) is 79.4 cm³/mol. The molecule has 1 heterocycles. The van der Waals surface area contributed by atoms with Gasteiger partial charge in [0, 0.05) is 10.9 Å². The molecule has 0 fully saturated rings. The summed E-state index contributed by atoms with van der Waals surface area (Å²) in [7, 11) is 0. The largest absolute Gasteiger partial charge is 0.493 e. The molecule has 1 aliphatic rings. The second-order valence-corrected chi connectivity index (χ2v) is 5.85. The molecule has 2 rings (SSSR count). The lowest BCUT2D eigenvalue weighted by Crippen LogP contribution is -2.23. The van der Waals surface area contributed by atoms with Crippen LogP contribution in [-0.4, -0.2) is 19.7 Å². The van der Waals surface area contributed by atoms with Gasteiger partial charge in [-0.15, -0.1) is 0 Å². The first-order valence-corrected chi connectivity index (χ1v) is 7.68. The fraction of sp³-hybridized carbons (Fsp3) is 0.600. The Hall–Kier alpha value is -0.540. The summed E-state index contributed by atoms with van der Waals surface area (Å²) < 4.78 is 6.97. The first-order valence-electron chi connectivity index (χ1n) is 6.89. The Morgan fingerprint density at radius 2 is 2.22 bits per heavy atom. The highest BCUT2D eigenvalue weighted by atomic mass is 79.9. The molecule has 0 saturated carbocycles. The quantitative estimate of drug-likeness (QED) is 0.867. The molecule has 1 unspecified atom stereocenters. The van der Waals surface area contributed by atoms with Crippen LogP contribution in [0.4, 0.5) is 0 Å². The van der Waals surface area contributed by atoms with E-state index in [9.17, 15) is 0 Å². The van der Waals surface area contributed by atoms with Crippen LogP contribution in [0.2, 0.25) is 0 Å². The van der Waals surface area contributed by atoms with E-state index in [1.54, 1.807) is 0 Å². The third-order valence-electron chi connectivity index (χ3n) is 3.59. The fourth-order valence-electron chi connectivity index (χ4n) is 2.52. The van der Waals surface area contributed by atoms with Gasteiger partial charge in [0.25, 0.3) is 0 Å². The number of rotatable bonds is 6. The molecule has 0 aliphatic carbocycles. The topological polar surface area (TPSA) is 21.3 Å². The van der Waals surface area contributed by atoms with E-state index in [2.05, 4.69) is 47.2 Å². The molecule has 0 radical (unpaired) electrons. The normalized spacial score (nSPS) is 15.3. The van der Waals surface area contributed by atoms with Crippen molar-refractivity contribution in [3.63, 3.8) is 0 Å². The molecule has 1 atom stereocenters. The lowest BCUT2D eigenvalue weighted by molar-refractivity contribution is 0.349. The van der Waals surface area contributed by atoms with Crippen LogP contribution in [0.5, 0.6) is 5.75 Å². The number of hydrogen-bond donors (Lipinski definition) is 1. The summed E-state index contributed by atoms with van der Waals surface area (Å²) in [5.41, 5.74) is 2.72. The average molecular weight is 312 g/mol. The van der Waals surface area contributed by atoms with Crippen LogP contribution in [-0.2, 0) is 12.8 Å². The van der Waals surface area contributed by atoms with E-state index in [1.165, 1.54) is 22.0 Å². The number of fused-ring (bicyclic) bond motifs is 1. The van der Waals surface area contributed by atoms with E-state index in [1.807, 2.05) is 0 Å². The number of hydrogen-bond acceptors (Lipinski definition) is 2. The minimum atomic E-state index is 0.688. The highest BCUT2D eigenvalue weighted by Gasteiger charge is 2.19. The zero-order valence-electron chi connectivity index (χ0n) is 11.3. The Labute approximate surface area is 118 Å². The summed E-state index contributed by atoms with van der Waals surface area (Å²) in [6, 6.07) is 4.41. The van der Waals surface area contributed by atoms with E-state index >= 15 is 0 Å². The van der Waals surface area contributed by atoms with Crippen LogP contribution >= 0.6 is 15.9 Å². The van der Waals surface area contributed by atoms with Gasteiger partial charge < -0.3 is 10.1 Å². The highest BCUT2D eigenvalue weighted by molar-refractivity contribution is 9.10. The van der Waals surface area contributed by atoms with Gasteiger partial charge in [-0.2, -0.15) is 0 Å². The van der Waals surface area contributed by atoms with Gasteiger partial charge in [0.05, 0.1) is 6.61 Å². The van der Waals surface area contributed by atoms with Crippen molar-refractivity contribution in [2.45, 2.75) is 33.1 Å². The number of halogens is 1. The van der Waals surface area contributed by atoms with Crippen LogP contribution in [0.15, 0.2) is 16.6 Å². The first-order chi connectivity index (χ1) is 8.74. The third-order valence-corrected chi connectivity index (χ3v) is 4.05. The highest BCUT2D eigenvalue weighted by Crippen LogP contribution is 2.34. The van der Waals surface area contributed by atoms with Crippen LogP contribution in [0, 0.1) is 5.92 Å². The van der Waals surface area contributed by atoms with Crippen molar-refractivity contribution >= 4 is 15.9 Å². The number of nitrogens with one attached hydrogen (secondary N) is 1. The maximum absolute atomic E-state index is 5.79. The Morgan fingerprint density at radius 3 is 2.94 bits per heavy atom. The zero-order valence-corrected chi connectivity index (χ0v) is 12.8. The Morgan fingerprint density at radius 1 is 1.39 bits per heavy atom. The Balaban J connectivity index is 2.12. The molecule has 1 aromatic carbocycles. The minimum Gasteiger partial charge on any atom is -0.493 e. The third kappa shape index (κ3) is 3.27. The molecule has 0 amide bonds. The summed E-state index contributed by atoms with van der Waals surface area (Å²) in [5, 5.41) is 3.45. The maximum atomic E-state index is 5.79. The van der Waals surface area contributed by atoms with Crippen molar-refractivity contribution in [1.82, 2.24) is 5.32 Å². The SMILES string of the molecule is CCNCC(CC)Cc1cc(Br)cc2c1OCC2. The lowest BCUT2D eigenvalue weighted by atomic mass is 9.95. The summed E-state index contributed by atoms with van der Waals surface area (Å²) in [4.78, 5) is 0. The molecular weight excluding hydrogens is 290 g/mol. The molecule has 0 saturated heterocycles. The minimum absolute atomic E-state index is 0.688. The van der Waals surface area contributed by atoms with Crippen molar-refractivity contribution in [3.05, 3.63) is 27.7 Å². The van der Waals surface area contributed by atoms with Crippen molar-refractivity contribution in [1.29, 1.82) is 0 Å². The van der Waals surface area contributed by atoms with E-state index in [4.69, 9.17) is 4.74 Å². The van der Waals surface area contributed by atoms with E-state index in [0.29, 0.717) is 5.92 Å². The number of ether oxygens (including phenoxy) is 1. The maximum Gasteiger partial charge on any atom is 0.125 e. The average Bonchev–Trinajstić information content (AvgIpc) is 2.82. The van der Waals surface area contributed by atoms with Gasteiger partial charge in [-0.3, -0.25) is 0 Å². The molecule has 0 aromatic heterocycles. The monoisotopic (exact) mass is 311 g/mol. The fourth-order valence-corrected chi connectivity index (χ4v) is 3.07. The summed E-state index contributed by atoms with van der Waals surface area (Å²) in [6.45, 7) is 7.40. The second-order valence-electron chi connectivity index (χ2n) is 4.94. The van der Waals surface area contributed by atoms with Gasteiger partial charge in [-0.1, -0.05) is 36.2 Å². The Kier molecular flexibility index (Phi) is 5.07.